The minimum atomic E-state index is -4.95. The molecule has 0 aliphatic heterocycles. The fourth-order valence-electron chi connectivity index (χ4n) is 4.18. The standard InChI is InChI=1S/C25H14F6N2S/c26-24(27,28)16-10-17(25(29,30)31)12-18(11-16)32-23(34)33-20-9-15-5-1-3-13-7-8-14-4-2-6-19(20)22(14)21(13)15/h1-12H,(H2,32,33,34). The van der Waals surface area contributed by atoms with Gasteiger partial charge in [-0.2, -0.15) is 26.3 Å². The van der Waals surface area contributed by atoms with Crippen LogP contribution in [0.2, 0.25) is 0 Å². The fourth-order valence-corrected chi connectivity index (χ4v) is 4.40. The largest absolute Gasteiger partial charge is 0.416 e. The van der Waals surface area contributed by atoms with Crippen LogP contribution in [0.15, 0.2) is 72.8 Å². The number of rotatable bonds is 2. The molecule has 2 N–H and O–H groups in total. The number of alkyl halides is 6. The minimum absolute atomic E-state index is 0.0730. The molecule has 0 unspecified atom stereocenters. The maximum absolute atomic E-state index is 13.2. The average Bonchev–Trinajstić information content (AvgIpc) is 2.76. The van der Waals surface area contributed by atoms with E-state index < -0.39 is 29.2 Å². The fraction of sp³-hybridized carbons (Fsp3) is 0.0800. The van der Waals surface area contributed by atoms with Crippen molar-refractivity contribution in [1.82, 2.24) is 0 Å². The minimum Gasteiger partial charge on any atom is -0.332 e. The summed E-state index contributed by atoms with van der Waals surface area (Å²) in [5, 5.41) is 11.1. The predicted molar refractivity (Wildman–Crippen MR) is 126 cm³/mol. The van der Waals surface area contributed by atoms with Gasteiger partial charge in [0.25, 0.3) is 0 Å². The first-order valence-electron chi connectivity index (χ1n) is 10.0. The van der Waals surface area contributed by atoms with Crippen molar-refractivity contribution in [1.29, 1.82) is 0 Å². The zero-order chi connectivity index (χ0) is 24.3. The molecule has 5 aromatic carbocycles. The molecule has 5 aromatic rings. The summed E-state index contributed by atoms with van der Waals surface area (Å²) in [6.45, 7) is 0. The lowest BCUT2D eigenvalue weighted by atomic mass is 9.93. The lowest BCUT2D eigenvalue weighted by Gasteiger charge is -2.18. The Bertz CT molecular complexity index is 1520. The SMILES string of the molecule is FC(F)(F)c1cc(NC(=S)Nc2cc3cccc4ccc5cccc2c5c43)cc(C(F)(F)F)c1. The molecular formula is C25H14F6N2S. The molecule has 0 spiro atoms. The van der Waals surface area contributed by atoms with E-state index in [9.17, 15) is 26.3 Å². The molecule has 9 heteroatoms. The van der Waals surface area contributed by atoms with E-state index in [-0.39, 0.29) is 11.2 Å². The summed E-state index contributed by atoms with van der Waals surface area (Å²) in [6.07, 6.45) is -9.90. The van der Waals surface area contributed by atoms with Crippen molar-refractivity contribution in [2.24, 2.45) is 0 Å². The molecule has 34 heavy (non-hydrogen) atoms. The Morgan fingerprint density at radius 3 is 1.79 bits per heavy atom. The van der Waals surface area contributed by atoms with Gasteiger partial charge in [0.05, 0.1) is 11.1 Å². The van der Waals surface area contributed by atoms with Crippen molar-refractivity contribution in [3.8, 4) is 0 Å². The van der Waals surface area contributed by atoms with Crippen molar-refractivity contribution in [3.63, 3.8) is 0 Å². The Morgan fingerprint density at radius 1 is 0.618 bits per heavy atom. The van der Waals surface area contributed by atoms with Crippen molar-refractivity contribution in [2.45, 2.75) is 12.4 Å². The van der Waals surface area contributed by atoms with Crippen molar-refractivity contribution in [3.05, 3.63) is 83.9 Å². The molecule has 0 aromatic heterocycles. The zero-order valence-corrected chi connectivity index (χ0v) is 17.9. The number of hydrogen-bond donors (Lipinski definition) is 2. The van der Waals surface area contributed by atoms with Crippen LogP contribution in [0.3, 0.4) is 0 Å². The molecule has 0 saturated heterocycles. The van der Waals surface area contributed by atoms with Gasteiger partial charge in [0.1, 0.15) is 0 Å². The Hall–Kier alpha value is -3.59. The van der Waals surface area contributed by atoms with E-state index in [0.717, 1.165) is 32.3 Å². The average molecular weight is 488 g/mol. The molecular weight excluding hydrogens is 474 g/mol. The summed E-state index contributed by atoms with van der Waals surface area (Å²) in [5.41, 5.74) is -2.68. The van der Waals surface area contributed by atoms with E-state index in [4.69, 9.17) is 12.2 Å². The molecule has 5 rings (SSSR count). The molecule has 0 aliphatic rings. The summed E-state index contributed by atoms with van der Waals surface area (Å²) in [4.78, 5) is 0. The lowest BCUT2D eigenvalue weighted by molar-refractivity contribution is -0.143. The number of hydrogen-bond acceptors (Lipinski definition) is 1. The summed E-state index contributed by atoms with van der Waals surface area (Å²) in [5.74, 6) is 0. The van der Waals surface area contributed by atoms with Gasteiger partial charge < -0.3 is 10.6 Å². The molecule has 2 nitrogen and oxygen atoms in total. The Morgan fingerprint density at radius 2 is 1.18 bits per heavy atom. The lowest BCUT2D eigenvalue weighted by Crippen LogP contribution is -2.20. The van der Waals surface area contributed by atoms with Crippen LogP contribution in [0.25, 0.3) is 32.3 Å². The quantitative estimate of drug-likeness (QED) is 0.148. The predicted octanol–water partition coefficient (Wildman–Crippen LogP) is 8.43. The van der Waals surface area contributed by atoms with Crippen LogP contribution in [-0.4, -0.2) is 5.11 Å². The molecule has 172 valence electrons. The number of nitrogens with one attached hydrogen (secondary N) is 2. The molecule has 0 atom stereocenters. The molecule has 0 radical (unpaired) electrons. The van der Waals surface area contributed by atoms with Gasteiger partial charge in [0.15, 0.2) is 5.11 Å². The van der Waals surface area contributed by atoms with Crippen molar-refractivity contribution >= 4 is 61.0 Å². The first-order chi connectivity index (χ1) is 16.0. The van der Waals surface area contributed by atoms with E-state index in [1.165, 1.54) is 0 Å². The van der Waals surface area contributed by atoms with Crippen LogP contribution in [0.5, 0.6) is 0 Å². The monoisotopic (exact) mass is 488 g/mol. The van der Waals surface area contributed by atoms with E-state index in [1.54, 1.807) is 0 Å². The maximum Gasteiger partial charge on any atom is 0.416 e. The second-order valence-electron chi connectivity index (χ2n) is 7.85. The number of benzene rings is 5. The third kappa shape index (κ3) is 3.96. The molecule has 0 bridgehead atoms. The van der Waals surface area contributed by atoms with Gasteiger partial charge >= 0.3 is 12.4 Å². The second kappa shape index (κ2) is 7.73. The van der Waals surface area contributed by atoms with Gasteiger partial charge in [0.2, 0.25) is 0 Å². The zero-order valence-electron chi connectivity index (χ0n) is 17.1. The molecule has 0 saturated carbocycles. The van der Waals surface area contributed by atoms with E-state index in [2.05, 4.69) is 10.6 Å². The number of halogens is 6. The molecule has 0 amide bonds. The second-order valence-corrected chi connectivity index (χ2v) is 8.25. The van der Waals surface area contributed by atoms with Gasteiger partial charge in [-0.05, 0) is 63.4 Å². The normalized spacial score (nSPS) is 12.5. The Labute approximate surface area is 194 Å². The van der Waals surface area contributed by atoms with Gasteiger partial charge in [-0.3, -0.25) is 0 Å². The van der Waals surface area contributed by atoms with Crippen molar-refractivity contribution < 1.29 is 26.3 Å². The highest BCUT2D eigenvalue weighted by Crippen LogP contribution is 2.39. The van der Waals surface area contributed by atoms with Crippen LogP contribution in [-0.2, 0) is 12.4 Å². The van der Waals surface area contributed by atoms with Crippen LogP contribution in [0.1, 0.15) is 11.1 Å². The highest BCUT2D eigenvalue weighted by atomic mass is 32.1. The third-order valence-electron chi connectivity index (χ3n) is 5.60. The van der Waals surface area contributed by atoms with Gasteiger partial charge in [0, 0.05) is 16.8 Å². The van der Waals surface area contributed by atoms with E-state index in [0.29, 0.717) is 17.8 Å². The first-order valence-corrected chi connectivity index (χ1v) is 10.5. The number of anilines is 2. The highest BCUT2D eigenvalue weighted by molar-refractivity contribution is 7.80. The maximum atomic E-state index is 13.2. The van der Waals surface area contributed by atoms with Crippen LogP contribution in [0.4, 0.5) is 37.7 Å². The van der Waals surface area contributed by atoms with E-state index in [1.807, 2.05) is 54.6 Å². The van der Waals surface area contributed by atoms with Gasteiger partial charge in [-0.1, -0.05) is 48.5 Å². The summed E-state index contributed by atoms with van der Waals surface area (Å²) >= 11 is 5.25. The Kier molecular flexibility index (Phi) is 5.05. The van der Waals surface area contributed by atoms with Gasteiger partial charge in [-0.15, -0.1) is 0 Å². The summed E-state index contributed by atoms with van der Waals surface area (Å²) in [6, 6.07) is 18.7. The Balaban J connectivity index is 1.54. The highest BCUT2D eigenvalue weighted by Gasteiger charge is 2.37. The van der Waals surface area contributed by atoms with Crippen LogP contribution in [0, 0.1) is 0 Å². The van der Waals surface area contributed by atoms with Gasteiger partial charge in [-0.25, -0.2) is 0 Å². The number of thiocarbonyl (C=S) groups is 1. The van der Waals surface area contributed by atoms with Crippen LogP contribution < -0.4 is 10.6 Å². The third-order valence-corrected chi connectivity index (χ3v) is 5.81. The molecule has 0 aliphatic carbocycles. The topological polar surface area (TPSA) is 24.1 Å². The van der Waals surface area contributed by atoms with Crippen LogP contribution >= 0.6 is 12.2 Å². The van der Waals surface area contributed by atoms with Crippen molar-refractivity contribution in [2.75, 3.05) is 10.6 Å². The summed E-state index contributed by atoms with van der Waals surface area (Å²) < 4.78 is 79.0. The molecule has 0 fully saturated rings. The van der Waals surface area contributed by atoms with E-state index >= 15 is 0 Å². The summed E-state index contributed by atoms with van der Waals surface area (Å²) in [7, 11) is 0. The smallest absolute Gasteiger partial charge is 0.332 e. The first kappa shape index (κ1) is 22.2. The molecule has 0 heterocycles.